The van der Waals surface area contributed by atoms with Crippen LogP contribution in [0.25, 0.3) is 10.9 Å². The molecule has 0 saturated carbocycles. The Balaban J connectivity index is 1.83. The number of aryl methyl sites for hydroxylation is 1. The highest BCUT2D eigenvalue weighted by molar-refractivity contribution is 5.88. The molecule has 0 fully saturated rings. The topological polar surface area (TPSA) is 79.6 Å². The Morgan fingerprint density at radius 1 is 1.47 bits per heavy atom. The van der Waals surface area contributed by atoms with E-state index in [4.69, 9.17) is 4.52 Å². The van der Waals surface area contributed by atoms with Crippen LogP contribution in [0.4, 0.5) is 5.82 Å². The van der Waals surface area contributed by atoms with E-state index in [9.17, 15) is 0 Å². The molecule has 6 nitrogen and oxygen atoms in total. The number of hydrogen-bond donors (Lipinski definition) is 2. The smallest absolute Gasteiger partial charge is 0.158 e. The number of nitrogens with zero attached hydrogens (tertiary/aromatic N) is 3. The van der Waals surface area contributed by atoms with Gasteiger partial charge in [-0.15, -0.1) is 5.10 Å². The molecule has 0 amide bonds. The lowest BCUT2D eigenvalue weighted by molar-refractivity contribution is 0.391. The van der Waals surface area contributed by atoms with Crippen molar-refractivity contribution in [1.82, 2.24) is 20.3 Å². The standard InChI is InChI=1S/C11H11N5O/c1-7-4-8(16-17-7)5-13-11-9-2-3-12-10(9)6-14-15-11/h2-4,6,12H,5H2,1H3,(H,13,15). The molecule has 6 heteroatoms. The molecule has 0 atom stereocenters. The normalized spacial score (nSPS) is 10.9. The summed E-state index contributed by atoms with van der Waals surface area (Å²) in [4.78, 5) is 3.09. The van der Waals surface area contributed by atoms with E-state index in [-0.39, 0.29) is 0 Å². The van der Waals surface area contributed by atoms with Gasteiger partial charge in [-0.3, -0.25) is 0 Å². The van der Waals surface area contributed by atoms with Crippen molar-refractivity contribution in [3.63, 3.8) is 0 Å². The monoisotopic (exact) mass is 229 g/mol. The lowest BCUT2D eigenvalue weighted by Crippen LogP contribution is -2.02. The highest BCUT2D eigenvalue weighted by atomic mass is 16.5. The highest BCUT2D eigenvalue weighted by Crippen LogP contribution is 2.18. The number of H-pyrrole nitrogens is 1. The summed E-state index contributed by atoms with van der Waals surface area (Å²) in [7, 11) is 0. The van der Waals surface area contributed by atoms with E-state index < -0.39 is 0 Å². The number of nitrogens with one attached hydrogen (secondary N) is 2. The quantitative estimate of drug-likeness (QED) is 0.716. The van der Waals surface area contributed by atoms with Crippen LogP contribution in [-0.2, 0) is 6.54 Å². The largest absolute Gasteiger partial charge is 0.362 e. The van der Waals surface area contributed by atoms with E-state index in [0.717, 1.165) is 28.2 Å². The van der Waals surface area contributed by atoms with Gasteiger partial charge in [0.15, 0.2) is 5.82 Å². The molecule has 0 unspecified atom stereocenters. The molecular weight excluding hydrogens is 218 g/mol. The van der Waals surface area contributed by atoms with Crippen molar-refractivity contribution in [2.75, 3.05) is 5.32 Å². The number of anilines is 1. The summed E-state index contributed by atoms with van der Waals surface area (Å²) < 4.78 is 4.99. The molecular formula is C11H11N5O. The first-order chi connectivity index (χ1) is 8.33. The minimum atomic E-state index is 0.566. The Kier molecular flexibility index (Phi) is 2.25. The second-order valence-electron chi connectivity index (χ2n) is 3.78. The Hall–Kier alpha value is -2.37. The van der Waals surface area contributed by atoms with E-state index in [1.165, 1.54) is 0 Å². The molecule has 0 bridgehead atoms. The van der Waals surface area contributed by atoms with Crippen LogP contribution in [0, 0.1) is 6.92 Å². The molecule has 0 saturated heterocycles. The van der Waals surface area contributed by atoms with Gasteiger partial charge in [0, 0.05) is 17.6 Å². The average molecular weight is 229 g/mol. The zero-order valence-corrected chi connectivity index (χ0v) is 9.27. The molecule has 0 aliphatic heterocycles. The number of hydrogen-bond acceptors (Lipinski definition) is 5. The fourth-order valence-corrected chi connectivity index (χ4v) is 1.70. The fourth-order valence-electron chi connectivity index (χ4n) is 1.70. The van der Waals surface area contributed by atoms with Gasteiger partial charge in [0.05, 0.1) is 18.3 Å². The van der Waals surface area contributed by atoms with Crippen LogP contribution >= 0.6 is 0 Å². The summed E-state index contributed by atoms with van der Waals surface area (Å²) in [5.74, 6) is 1.54. The molecule has 3 rings (SSSR count). The summed E-state index contributed by atoms with van der Waals surface area (Å²) in [5, 5.41) is 16.1. The van der Waals surface area contributed by atoms with Gasteiger partial charge >= 0.3 is 0 Å². The lowest BCUT2D eigenvalue weighted by atomic mass is 10.3. The van der Waals surface area contributed by atoms with Crippen LogP contribution in [0.2, 0.25) is 0 Å². The summed E-state index contributed by atoms with van der Waals surface area (Å²) in [6.07, 6.45) is 3.56. The molecule has 0 radical (unpaired) electrons. The summed E-state index contributed by atoms with van der Waals surface area (Å²) in [5.41, 5.74) is 1.80. The van der Waals surface area contributed by atoms with E-state index in [1.54, 1.807) is 6.20 Å². The van der Waals surface area contributed by atoms with Gasteiger partial charge in [-0.25, -0.2) is 0 Å². The van der Waals surface area contributed by atoms with Gasteiger partial charge in [-0.1, -0.05) is 5.16 Å². The van der Waals surface area contributed by atoms with Crippen molar-refractivity contribution in [2.24, 2.45) is 0 Å². The summed E-state index contributed by atoms with van der Waals surface area (Å²) in [6, 6.07) is 3.85. The molecule has 0 aliphatic carbocycles. The van der Waals surface area contributed by atoms with Crippen LogP contribution in [0.1, 0.15) is 11.5 Å². The van der Waals surface area contributed by atoms with Gasteiger partial charge in [0.2, 0.25) is 0 Å². The molecule has 3 aromatic heterocycles. The third kappa shape index (κ3) is 1.84. The third-order valence-corrected chi connectivity index (χ3v) is 2.49. The molecule has 2 N–H and O–H groups in total. The van der Waals surface area contributed by atoms with E-state index >= 15 is 0 Å². The molecule has 0 aromatic carbocycles. The number of fused-ring (bicyclic) bond motifs is 1. The lowest BCUT2D eigenvalue weighted by Gasteiger charge is -2.02. The number of aromatic nitrogens is 4. The zero-order valence-electron chi connectivity index (χ0n) is 9.27. The maximum absolute atomic E-state index is 4.99. The van der Waals surface area contributed by atoms with Crippen molar-refractivity contribution >= 4 is 16.7 Å². The Bertz CT molecular complexity index is 642. The predicted octanol–water partition coefficient (Wildman–Crippen LogP) is 1.87. The Labute approximate surface area is 97.0 Å². The summed E-state index contributed by atoms with van der Waals surface area (Å²) >= 11 is 0. The van der Waals surface area contributed by atoms with Crippen LogP contribution in [-0.4, -0.2) is 20.3 Å². The maximum atomic E-state index is 4.99. The molecule has 3 aromatic rings. The Morgan fingerprint density at radius 2 is 2.41 bits per heavy atom. The maximum Gasteiger partial charge on any atom is 0.158 e. The first-order valence-corrected chi connectivity index (χ1v) is 5.28. The average Bonchev–Trinajstić information content (AvgIpc) is 2.94. The fraction of sp³-hybridized carbons (Fsp3) is 0.182. The predicted molar refractivity (Wildman–Crippen MR) is 62.5 cm³/mol. The van der Waals surface area contributed by atoms with Gasteiger partial charge < -0.3 is 14.8 Å². The molecule has 0 aliphatic rings. The highest BCUT2D eigenvalue weighted by Gasteiger charge is 2.05. The van der Waals surface area contributed by atoms with Crippen molar-refractivity contribution in [2.45, 2.75) is 13.5 Å². The molecule has 86 valence electrons. The van der Waals surface area contributed by atoms with E-state index in [1.807, 2.05) is 25.3 Å². The third-order valence-electron chi connectivity index (χ3n) is 2.49. The molecule has 17 heavy (non-hydrogen) atoms. The molecule has 0 spiro atoms. The van der Waals surface area contributed by atoms with E-state index in [0.29, 0.717) is 6.54 Å². The zero-order chi connectivity index (χ0) is 11.7. The first-order valence-electron chi connectivity index (χ1n) is 5.28. The number of rotatable bonds is 3. The van der Waals surface area contributed by atoms with Crippen molar-refractivity contribution in [3.05, 3.63) is 36.0 Å². The van der Waals surface area contributed by atoms with Crippen LogP contribution < -0.4 is 5.32 Å². The minimum absolute atomic E-state index is 0.566. The SMILES string of the molecule is Cc1cc(CNc2nncc3[nH]ccc23)no1. The van der Waals surface area contributed by atoms with Crippen molar-refractivity contribution in [1.29, 1.82) is 0 Å². The van der Waals surface area contributed by atoms with Gasteiger partial charge in [0.1, 0.15) is 11.5 Å². The second-order valence-corrected chi connectivity index (χ2v) is 3.78. The number of aromatic amines is 1. The van der Waals surface area contributed by atoms with Crippen molar-refractivity contribution in [3.8, 4) is 0 Å². The molecule has 3 heterocycles. The Morgan fingerprint density at radius 3 is 3.24 bits per heavy atom. The second kappa shape index (κ2) is 3.89. The van der Waals surface area contributed by atoms with Crippen LogP contribution in [0.3, 0.4) is 0 Å². The van der Waals surface area contributed by atoms with Gasteiger partial charge in [-0.05, 0) is 13.0 Å². The van der Waals surface area contributed by atoms with Crippen LogP contribution in [0.5, 0.6) is 0 Å². The van der Waals surface area contributed by atoms with Gasteiger partial charge in [-0.2, -0.15) is 5.10 Å². The van der Waals surface area contributed by atoms with Crippen LogP contribution in [0.15, 0.2) is 29.0 Å². The van der Waals surface area contributed by atoms with Crippen molar-refractivity contribution < 1.29 is 4.52 Å². The van der Waals surface area contributed by atoms with Gasteiger partial charge in [0.25, 0.3) is 0 Å². The van der Waals surface area contributed by atoms with E-state index in [2.05, 4.69) is 25.7 Å². The summed E-state index contributed by atoms with van der Waals surface area (Å²) in [6.45, 7) is 2.43. The first kappa shape index (κ1) is 9.83. The minimum Gasteiger partial charge on any atom is -0.362 e.